The fourth-order valence-corrected chi connectivity index (χ4v) is 4.89. The van der Waals surface area contributed by atoms with Crippen LogP contribution in [0.2, 0.25) is 0 Å². The second-order valence-corrected chi connectivity index (χ2v) is 8.87. The summed E-state index contributed by atoms with van der Waals surface area (Å²) in [7, 11) is 3.13. The molecular weight excluding hydrogens is 458 g/mol. The number of nitriles is 1. The van der Waals surface area contributed by atoms with Crippen LogP contribution >= 0.6 is 0 Å². The van der Waals surface area contributed by atoms with Crippen LogP contribution in [0.1, 0.15) is 44.2 Å². The Balaban J connectivity index is 1.35. The highest BCUT2D eigenvalue weighted by Crippen LogP contribution is 2.31. The molecule has 0 aliphatic carbocycles. The highest BCUT2D eigenvalue weighted by Gasteiger charge is 2.28. The molecule has 0 bridgehead atoms. The van der Waals surface area contributed by atoms with Gasteiger partial charge in [0.25, 0.3) is 0 Å². The van der Waals surface area contributed by atoms with Gasteiger partial charge in [-0.15, -0.1) is 0 Å². The first-order valence-corrected chi connectivity index (χ1v) is 11.8. The van der Waals surface area contributed by atoms with Gasteiger partial charge in [0.15, 0.2) is 0 Å². The third-order valence-corrected chi connectivity index (χ3v) is 6.84. The second kappa shape index (κ2) is 9.93. The highest BCUT2D eigenvalue weighted by atomic mass is 16.5. The summed E-state index contributed by atoms with van der Waals surface area (Å²) in [5.74, 6) is 0.754. The zero-order valence-electron chi connectivity index (χ0n) is 20.5. The molecule has 0 saturated carbocycles. The fourth-order valence-electron chi connectivity index (χ4n) is 4.89. The summed E-state index contributed by atoms with van der Waals surface area (Å²) in [6, 6.07) is 11.8. The smallest absolute Gasteiger partial charge is 0.338 e. The monoisotopic (exact) mass is 485 g/mol. The van der Waals surface area contributed by atoms with Crippen molar-refractivity contribution < 1.29 is 19.0 Å². The number of carbonyl (C=O) groups excluding carboxylic acids is 1. The molecule has 3 aromatic rings. The van der Waals surface area contributed by atoms with Gasteiger partial charge in [-0.3, -0.25) is 9.88 Å². The molecule has 9 nitrogen and oxygen atoms in total. The number of hydrogen-bond acceptors (Lipinski definition) is 9. The standard InChI is InChI=1S/C27H27N5O4/c1-16-19(5-6-20-21(16)15-36-27(20)33)24-14-32(9-8-29-24)13-17-4-7-22(31-26(17)35-3)23-10-25(34-2)18(11-28)12-30-23/h4-7,10,12,24,29H,8-9,13-15H2,1-3H3/t24-/m0/s1. The molecule has 0 spiro atoms. The largest absolute Gasteiger partial charge is 0.495 e. The molecule has 36 heavy (non-hydrogen) atoms. The Labute approximate surface area is 209 Å². The van der Waals surface area contributed by atoms with Gasteiger partial charge in [-0.05, 0) is 30.2 Å². The number of aromatic nitrogens is 2. The number of rotatable bonds is 6. The van der Waals surface area contributed by atoms with E-state index < -0.39 is 0 Å². The Hall–Kier alpha value is -4.00. The minimum atomic E-state index is -0.240. The first-order chi connectivity index (χ1) is 17.5. The maximum atomic E-state index is 11.9. The van der Waals surface area contributed by atoms with Gasteiger partial charge in [0.2, 0.25) is 5.88 Å². The van der Waals surface area contributed by atoms with E-state index >= 15 is 0 Å². The summed E-state index contributed by atoms with van der Waals surface area (Å²) in [4.78, 5) is 23.3. The minimum absolute atomic E-state index is 0.147. The van der Waals surface area contributed by atoms with E-state index in [0.717, 1.165) is 36.3 Å². The molecule has 1 N–H and O–H groups in total. The Morgan fingerprint density at radius 2 is 2.08 bits per heavy atom. The lowest BCUT2D eigenvalue weighted by Crippen LogP contribution is -2.45. The number of benzene rings is 1. The molecule has 1 fully saturated rings. The first kappa shape index (κ1) is 23.7. The average Bonchev–Trinajstić information content (AvgIpc) is 3.30. The number of esters is 1. The van der Waals surface area contributed by atoms with Gasteiger partial charge in [-0.25, -0.2) is 9.78 Å². The van der Waals surface area contributed by atoms with Crippen molar-refractivity contribution in [3.8, 4) is 29.1 Å². The predicted molar refractivity (Wildman–Crippen MR) is 132 cm³/mol. The fraction of sp³-hybridized carbons (Fsp3) is 0.333. The van der Waals surface area contributed by atoms with Gasteiger partial charge >= 0.3 is 5.97 Å². The molecule has 1 saturated heterocycles. The highest BCUT2D eigenvalue weighted by molar-refractivity contribution is 5.94. The molecule has 9 heteroatoms. The first-order valence-electron chi connectivity index (χ1n) is 11.8. The third kappa shape index (κ3) is 4.37. The summed E-state index contributed by atoms with van der Waals surface area (Å²) < 4.78 is 16.2. The summed E-state index contributed by atoms with van der Waals surface area (Å²) >= 11 is 0. The summed E-state index contributed by atoms with van der Waals surface area (Å²) in [6.45, 7) is 5.65. The number of nitrogens with one attached hydrogen (secondary N) is 1. The SMILES string of the molecule is COc1cc(-c2ccc(CN3CCN[C@H](c4ccc5c(c4C)COC5=O)C3)c(OC)n2)ncc1C#N. The van der Waals surface area contributed by atoms with Gasteiger partial charge in [0.05, 0.1) is 31.2 Å². The predicted octanol–water partition coefficient (Wildman–Crippen LogP) is 3.16. The third-order valence-electron chi connectivity index (χ3n) is 6.84. The lowest BCUT2D eigenvalue weighted by Gasteiger charge is -2.35. The van der Waals surface area contributed by atoms with Gasteiger partial charge < -0.3 is 19.5 Å². The topological polar surface area (TPSA) is 110 Å². The van der Waals surface area contributed by atoms with Crippen LogP contribution in [0.5, 0.6) is 11.6 Å². The molecule has 0 unspecified atom stereocenters. The van der Waals surface area contributed by atoms with Crippen molar-refractivity contribution in [2.24, 2.45) is 0 Å². The zero-order valence-corrected chi connectivity index (χ0v) is 20.5. The molecule has 4 heterocycles. The zero-order chi connectivity index (χ0) is 25.2. The van der Waals surface area contributed by atoms with Gasteiger partial charge in [-0.1, -0.05) is 12.1 Å². The normalized spacial score (nSPS) is 17.3. The Kier molecular flexibility index (Phi) is 6.55. The molecule has 184 valence electrons. The summed E-state index contributed by atoms with van der Waals surface area (Å²) in [5.41, 5.74) is 6.57. The van der Waals surface area contributed by atoms with E-state index in [2.05, 4.69) is 33.2 Å². The van der Waals surface area contributed by atoms with Gasteiger partial charge in [0.1, 0.15) is 24.0 Å². The van der Waals surface area contributed by atoms with Crippen molar-refractivity contribution in [1.29, 1.82) is 5.26 Å². The Morgan fingerprint density at radius 3 is 2.86 bits per heavy atom. The molecule has 1 atom stereocenters. The lowest BCUT2D eigenvalue weighted by atomic mass is 9.93. The van der Waals surface area contributed by atoms with E-state index in [1.165, 1.54) is 18.9 Å². The van der Waals surface area contributed by atoms with Crippen LogP contribution in [0.4, 0.5) is 0 Å². The number of nitrogens with zero attached hydrogens (tertiary/aromatic N) is 4. The number of hydrogen-bond donors (Lipinski definition) is 1. The molecule has 2 aliphatic rings. The van der Waals surface area contributed by atoms with Crippen LogP contribution in [-0.4, -0.2) is 54.7 Å². The maximum absolute atomic E-state index is 11.9. The number of fused-ring (bicyclic) bond motifs is 1. The molecule has 0 radical (unpaired) electrons. The van der Waals surface area contributed by atoms with Gasteiger partial charge in [0, 0.05) is 55.6 Å². The molecule has 1 aromatic carbocycles. The summed E-state index contributed by atoms with van der Waals surface area (Å²) in [5, 5.41) is 12.8. The molecular formula is C27H27N5O4. The van der Waals surface area contributed by atoms with Crippen molar-refractivity contribution >= 4 is 5.97 Å². The lowest BCUT2D eigenvalue weighted by molar-refractivity contribution is 0.0535. The van der Waals surface area contributed by atoms with Crippen LogP contribution in [0.3, 0.4) is 0 Å². The van der Waals surface area contributed by atoms with E-state index in [1.54, 1.807) is 13.2 Å². The number of pyridine rings is 2. The van der Waals surface area contributed by atoms with E-state index in [4.69, 9.17) is 14.2 Å². The Bertz CT molecular complexity index is 1370. The van der Waals surface area contributed by atoms with E-state index in [9.17, 15) is 10.1 Å². The second-order valence-electron chi connectivity index (χ2n) is 8.87. The quantitative estimate of drug-likeness (QED) is 0.527. The number of methoxy groups -OCH3 is 2. The number of ether oxygens (including phenoxy) is 3. The minimum Gasteiger partial charge on any atom is -0.495 e. The van der Waals surface area contributed by atoms with Crippen molar-refractivity contribution in [1.82, 2.24) is 20.2 Å². The number of carbonyl (C=O) groups is 1. The number of cyclic esters (lactones) is 1. The van der Waals surface area contributed by atoms with E-state index in [1.807, 2.05) is 24.3 Å². The molecule has 5 rings (SSSR count). The molecule has 2 aromatic heterocycles. The molecule has 0 amide bonds. The van der Waals surface area contributed by atoms with Crippen molar-refractivity contribution in [2.45, 2.75) is 26.1 Å². The maximum Gasteiger partial charge on any atom is 0.338 e. The van der Waals surface area contributed by atoms with Crippen LogP contribution in [0, 0.1) is 18.3 Å². The van der Waals surface area contributed by atoms with E-state index in [-0.39, 0.29) is 12.0 Å². The van der Waals surface area contributed by atoms with Crippen molar-refractivity contribution in [2.75, 3.05) is 33.9 Å². The van der Waals surface area contributed by atoms with Crippen LogP contribution in [0.15, 0.2) is 36.5 Å². The van der Waals surface area contributed by atoms with Gasteiger partial charge in [-0.2, -0.15) is 5.26 Å². The Morgan fingerprint density at radius 1 is 1.22 bits per heavy atom. The van der Waals surface area contributed by atoms with Crippen LogP contribution < -0.4 is 14.8 Å². The van der Waals surface area contributed by atoms with Crippen molar-refractivity contribution in [3.05, 3.63) is 69.9 Å². The summed E-state index contributed by atoms with van der Waals surface area (Å²) in [6.07, 6.45) is 1.49. The van der Waals surface area contributed by atoms with E-state index in [0.29, 0.717) is 47.3 Å². The van der Waals surface area contributed by atoms with Crippen molar-refractivity contribution in [3.63, 3.8) is 0 Å². The molecule has 2 aliphatic heterocycles. The van der Waals surface area contributed by atoms with Crippen LogP contribution in [0.25, 0.3) is 11.4 Å². The average molecular weight is 486 g/mol. The number of piperazine rings is 1. The van der Waals surface area contributed by atoms with Crippen LogP contribution in [-0.2, 0) is 17.9 Å².